The zero-order valence-electron chi connectivity index (χ0n) is 11.1. The Morgan fingerprint density at radius 3 is 2.60 bits per heavy atom. The molecule has 0 aliphatic rings. The van der Waals surface area contributed by atoms with Crippen molar-refractivity contribution in [1.29, 1.82) is 0 Å². The fourth-order valence-electron chi connectivity index (χ4n) is 1.95. The van der Waals surface area contributed by atoms with Gasteiger partial charge in [-0.05, 0) is 30.7 Å². The summed E-state index contributed by atoms with van der Waals surface area (Å²) < 4.78 is 32.6. The van der Waals surface area contributed by atoms with Crippen LogP contribution in [0.1, 0.15) is 11.1 Å². The van der Waals surface area contributed by atoms with Gasteiger partial charge in [0.1, 0.15) is 17.4 Å². The SMILES string of the molecule is COc1cc(Br)cc(C)c1NCc1ccc(F)cc1F. The molecular weight excluding hydrogens is 328 g/mol. The van der Waals surface area contributed by atoms with E-state index in [4.69, 9.17) is 4.74 Å². The summed E-state index contributed by atoms with van der Waals surface area (Å²) >= 11 is 3.39. The van der Waals surface area contributed by atoms with E-state index in [2.05, 4.69) is 21.2 Å². The molecule has 0 aliphatic carbocycles. The maximum atomic E-state index is 13.6. The number of hydrogen-bond donors (Lipinski definition) is 1. The van der Waals surface area contributed by atoms with E-state index in [0.29, 0.717) is 11.3 Å². The first kappa shape index (κ1) is 14.8. The summed E-state index contributed by atoms with van der Waals surface area (Å²) in [4.78, 5) is 0. The molecule has 106 valence electrons. The monoisotopic (exact) mass is 341 g/mol. The van der Waals surface area contributed by atoms with Gasteiger partial charge in [-0.2, -0.15) is 0 Å². The maximum Gasteiger partial charge on any atom is 0.143 e. The number of nitrogens with one attached hydrogen (secondary N) is 1. The highest BCUT2D eigenvalue weighted by Crippen LogP contribution is 2.32. The minimum atomic E-state index is -0.580. The Hall–Kier alpha value is -1.62. The Morgan fingerprint density at radius 1 is 1.20 bits per heavy atom. The number of hydrogen-bond acceptors (Lipinski definition) is 2. The molecule has 20 heavy (non-hydrogen) atoms. The average molecular weight is 342 g/mol. The van der Waals surface area contributed by atoms with Gasteiger partial charge in [-0.15, -0.1) is 0 Å². The van der Waals surface area contributed by atoms with E-state index in [9.17, 15) is 8.78 Å². The van der Waals surface area contributed by atoms with Gasteiger partial charge in [-0.1, -0.05) is 22.0 Å². The zero-order valence-corrected chi connectivity index (χ0v) is 12.7. The second-order valence-electron chi connectivity index (χ2n) is 4.39. The predicted molar refractivity (Wildman–Crippen MR) is 79.1 cm³/mol. The van der Waals surface area contributed by atoms with Gasteiger partial charge in [0.15, 0.2) is 0 Å². The normalized spacial score (nSPS) is 10.4. The average Bonchev–Trinajstić information content (AvgIpc) is 2.38. The minimum absolute atomic E-state index is 0.255. The smallest absolute Gasteiger partial charge is 0.143 e. The molecule has 2 aromatic rings. The molecule has 0 heterocycles. The second kappa shape index (κ2) is 6.22. The van der Waals surface area contributed by atoms with Gasteiger partial charge in [0, 0.05) is 22.6 Å². The lowest BCUT2D eigenvalue weighted by atomic mass is 10.1. The summed E-state index contributed by atoms with van der Waals surface area (Å²) in [6.07, 6.45) is 0. The van der Waals surface area contributed by atoms with Crippen LogP contribution in [0.15, 0.2) is 34.8 Å². The Labute approximate surface area is 124 Å². The van der Waals surface area contributed by atoms with Crippen LogP contribution in [0.3, 0.4) is 0 Å². The van der Waals surface area contributed by atoms with Gasteiger partial charge in [0.2, 0.25) is 0 Å². The number of benzene rings is 2. The van der Waals surface area contributed by atoms with Crippen molar-refractivity contribution in [2.75, 3.05) is 12.4 Å². The molecule has 0 spiro atoms. The number of anilines is 1. The summed E-state index contributed by atoms with van der Waals surface area (Å²) in [5.41, 5.74) is 2.16. The zero-order chi connectivity index (χ0) is 14.7. The van der Waals surface area contributed by atoms with Crippen molar-refractivity contribution >= 4 is 21.6 Å². The predicted octanol–water partition coefficient (Wildman–Crippen LogP) is 4.66. The first-order valence-electron chi connectivity index (χ1n) is 6.03. The number of ether oxygens (including phenoxy) is 1. The van der Waals surface area contributed by atoms with Gasteiger partial charge < -0.3 is 10.1 Å². The maximum absolute atomic E-state index is 13.6. The summed E-state index contributed by atoms with van der Waals surface area (Å²) in [5, 5.41) is 3.13. The highest BCUT2D eigenvalue weighted by atomic mass is 79.9. The van der Waals surface area contributed by atoms with Crippen molar-refractivity contribution in [3.8, 4) is 5.75 Å². The third-order valence-electron chi connectivity index (χ3n) is 2.95. The third kappa shape index (κ3) is 3.28. The molecule has 0 saturated carbocycles. The molecule has 0 radical (unpaired) electrons. The lowest BCUT2D eigenvalue weighted by Crippen LogP contribution is -2.05. The molecule has 0 aliphatic heterocycles. The number of aryl methyl sites for hydroxylation is 1. The Kier molecular flexibility index (Phi) is 4.60. The number of halogens is 3. The molecular formula is C15H14BrF2NO. The van der Waals surface area contributed by atoms with E-state index in [1.807, 2.05) is 19.1 Å². The molecule has 0 amide bonds. The lowest BCUT2D eigenvalue weighted by molar-refractivity contribution is 0.416. The van der Waals surface area contributed by atoms with Crippen LogP contribution < -0.4 is 10.1 Å². The molecule has 0 unspecified atom stereocenters. The summed E-state index contributed by atoms with van der Waals surface area (Å²) in [5.74, 6) is -0.478. The molecule has 5 heteroatoms. The Bertz CT molecular complexity index is 632. The van der Waals surface area contributed by atoms with E-state index >= 15 is 0 Å². The summed E-state index contributed by atoms with van der Waals surface area (Å²) in [6, 6.07) is 7.31. The van der Waals surface area contributed by atoms with Crippen LogP contribution in [0.2, 0.25) is 0 Å². The second-order valence-corrected chi connectivity index (χ2v) is 5.30. The van der Waals surface area contributed by atoms with Crippen LogP contribution in [0.4, 0.5) is 14.5 Å². The topological polar surface area (TPSA) is 21.3 Å². The van der Waals surface area contributed by atoms with Crippen LogP contribution >= 0.6 is 15.9 Å². The number of methoxy groups -OCH3 is 1. The fraction of sp³-hybridized carbons (Fsp3) is 0.200. The van der Waals surface area contributed by atoms with Crippen molar-refractivity contribution in [1.82, 2.24) is 0 Å². The quantitative estimate of drug-likeness (QED) is 0.873. The fourth-order valence-corrected chi connectivity index (χ4v) is 2.50. The van der Waals surface area contributed by atoms with E-state index in [0.717, 1.165) is 21.8 Å². The lowest BCUT2D eigenvalue weighted by Gasteiger charge is -2.15. The molecule has 0 bridgehead atoms. The Balaban J connectivity index is 2.22. The first-order valence-corrected chi connectivity index (χ1v) is 6.82. The summed E-state index contributed by atoms with van der Waals surface area (Å²) in [6.45, 7) is 2.18. The molecule has 1 N–H and O–H groups in total. The molecule has 0 fully saturated rings. The highest BCUT2D eigenvalue weighted by molar-refractivity contribution is 9.10. The van der Waals surface area contributed by atoms with Crippen LogP contribution in [-0.2, 0) is 6.54 Å². The van der Waals surface area contributed by atoms with E-state index in [1.165, 1.54) is 12.1 Å². The van der Waals surface area contributed by atoms with Crippen molar-refractivity contribution in [3.63, 3.8) is 0 Å². The van der Waals surface area contributed by atoms with Crippen molar-refractivity contribution < 1.29 is 13.5 Å². The van der Waals surface area contributed by atoms with Gasteiger partial charge >= 0.3 is 0 Å². The van der Waals surface area contributed by atoms with Gasteiger partial charge in [0.05, 0.1) is 12.8 Å². The van der Waals surface area contributed by atoms with Crippen LogP contribution in [0.5, 0.6) is 5.75 Å². The van der Waals surface area contributed by atoms with Gasteiger partial charge in [-0.3, -0.25) is 0 Å². The molecule has 2 rings (SSSR count). The van der Waals surface area contributed by atoms with Crippen molar-refractivity contribution in [2.24, 2.45) is 0 Å². The molecule has 0 atom stereocenters. The molecule has 0 aromatic heterocycles. The summed E-state index contributed by atoms with van der Waals surface area (Å²) in [7, 11) is 1.57. The van der Waals surface area contributed by atoms with Crippen LogP contribution in [-0.4, -0.2) is 7.11 Å². The third-order valence-corrected chi connectivity index (χ3v) is 3.41. The van der Waals surface area contributed by atoms with Crippen molar-refractivity contribution in [3.05, 3.63) is 57.6 Å². The standard InChI is InChI=1S/C15H14BrF2NO/c1-9-5-11(16)6-14(20-2)15(9)19-8-10-3-4-12(17)7-13(10)18/h3-7,19H,8H2,1-2H3. The number of rotatable bonds is 4. The first-order chi connectivity index (χ1) is 9.51. The van der Waals surface area contributed by atoms with E-state index in [1.54, 1.807) is 7.11 Å². The Morgan fingerprint density at radius 2 is 1.95 bits per heavy atom. The largest absolute Gasteiger partial charge is 0.495 e. The van der Waals surface area contributed by atoms with E-state index < -0.39 is 11.6 Å². The molecule has 0 saturated heterocycles. The van der Waals surface area contributed by atoms with E-state index in [-0.39, 0.29) is 6.54 Å². The highest BCUT2D eigenvalue weighted by Gasteiger charge is 2.09. The minimum Gasteiger partial charge on any atom is -0.495 e. The molecule has 2 aromatic carbocycles. The van der Waals surface area contributed by atoms with Crippen LogP contribution in [0, 0.1) is 18.6 Å². The molecule has 2 nitrogen and oxygen atoms in total. The van der Waals surface area contributed by atoms with Gasteiger partial charge in [-0.25, -0.2) is 8.78 Å². The van der Waals surface area contributed by atoms with Crippen LogP contribution in [0.25, 0.3) is 0 Å². The van der Waals surface area contributed by atoms with Gasteiger partial charge in [0.25, 0.3) is 0 Å². The van der Waals surface area contributed by atoms with Crippen molar-refractivity contribution in [2.45, 2.75) is 13.5 Å².